The maximum Gasteiger partial charge on any atom is 0.310 e. The van der Waals surface area contributed by atoms with Crippen LogP contribution in [-0.4, -0.2) is 18.5 Å². The first kappa shape index (κ1) is 17.2. The summed E-state index contributed by atoms with van der Waals surface area (Å²) in [4.78, 5) is 24.8. The Kier molecular flexibility index (Phi) is 5.19. The monoisotopic (exact) mass is 357 g/mol. The molecule has 2 heterocycles. The first-order valence-corrected chi connectivity index (χ1v) is 8.83. The number of fused-ring (bicyclic) bond motifs is 1. The van der Waals surface area contributed by atoms with E-state index in [-0.39, 0.29) is 18.9 Å². The lowest BCUT2D eigenvalue weighted by Crippen LogP contribution is -2.28. The van der Waals surface area contributed by atoms with Gasteiger partial charge in [-0.2, -0.15) is 0 Å². The largest absolute Gasteiger partial charge is 0.464 e. The van der Waals surface area contributed by atoms with E-state index in [1.807, 2.05) is 43.5 Å². The Morgan fingerprint density at radius 1 is 1.24 bits per heavy atom. The molecule has 0 radical (unpaired) electrons. The number of esters is 1. The Bertz CT molecular complexity index is 896. The highest BCUT2D eigenvalue weighted by molar-refractivity contribution is 7.09. The summed E-state index contributed by atoms with van der Waals surface area (Å²) in [6.45, 7) is 4.19. The van der Waals surface area contributed by atoms with Crippen molar-refractivity contribution in [2.45, 2.75) is 26.8 Å². The standard InChI is InChI=1S/C19H19NO4S/c1-12-6-16-14(10-23-17(16)7-13(12)2)8-19(22)24-11-18(21)20-9-15-4-3-5-25-15/h3-7,10H,8-9,11H2,1-2H3,(H,20,21). The molecule has 5 nitrogen and oxygen atoms in total. The van der Waals surface area contributed by atoms with Gasteiger partial charge in [0.2, 0.25) is 0 Å². The number of furan rings is 1. The highest BCUT2D eigenvalue weighted by Gasteiger charge is 2.14. The third-order valence-corrected chi connectivity index (χ3v) is 4.89. The van der Waals surface area contributed by atoms with Gasteiger partial charge in [-0.15, -0.1) is 11.3 Å². The Morgan fingerprint density at radius 2 is 2.04 bits per heavy atom. The number of thiophene rings is 1. The molecular formula is C19H19NO4S. The molecule has 0 unspecified atom stereocenters. The molecule has 0 atom stereocenters. The highest BCUT2D eigenvalue weighted by Crippen LogP contribution is 2.25. The number of amides is 1. The van der Waals surface area contributed by atoms with Gasteiger partial charge in [0.25, 0.3) is 5.91 Å². The molecule has 130 valence electrons. The molecule has 2 aromatic heterocycles. The van der Waals surface area contributed by atoms with Crippen LogP contribution in [0.2, 0.25) is 0 Å². The molecule has 0 aliphatic rings. The molecule has 3 aromatic rings. The Balaban J connectivity index is 1.52. The lowest BCUT2D eigenvalue weighted by molar-refractivity contribution is -0.147. The van der Waals surface area contributed by atoms with Gasteiger partial charge in [-0.25, -0.2) is 0 Å². The summed E-state index contributed by atoms with van der Waals surface area (Å²) < 4.78 is 10.6. The number of rotatable bonds is 6. The highest BCUT2D eigenvalue weighted by atomic mass is 32.1. The van der Waals surface area contributed by atoms with E-state index in [1.165, 1.54) is 0 Å². The number of nitrogens with one attached hydrogen (secondary N) is 1. The molecule has 0 saturated heterocycles. The molecule has 1 aromatic carbocycles. The van der Waals surface area contributed by atoms with Gasteiger partial charge in [-0.1, -0.05) is 6.07 Å². The van der Waals surface area contributed by atoms with Gasteiger partial charge in [0.1, 0.15) is 5.58 Å². The lowest BCUT2D eigenvalue weighted by Gasteiger charge is -2.05. The van der Waals surface area contributed by atoms with Crippen molar-refractivity contribution in [2.75, 3.05) is 6.61 Å². The molecule has 0 fully saturated rings. The van der Waals surface area contributed by atoms with Crippen molar-refractivity contribution in [1.82, 2.24) is 5.32 Å². The second kappa shape index (κ2) is 7.53. The average molecular weight is 357 g/mol. The van der Waals surface area contributed by atoms with Gasteiger partial charge in [-0.3, -0.25) is 9.59 Å². The zero-order valence-electron chi connectivity index (χ0n) is 14.1. The number of benzene rings is 1. The number of ether oxygens (including phenoxy) is 1. The minimum absolute atomic E-state index is 0.0771. The quantitative estimate of drug-likeness (QED) is 0.686. The van der Waals surface area contributed by atoms with Crippen LogP contribution in [-0.2, 0) is 27.3 Å². The van der Waals surface area contributed by atoms with Crippen LogP contribution >= 0.6 is 11.3 Å². The summed E-state index contributed by atoms with van der Waals surface area (Å²) in [6.07, 6.45) is 1.65. The topological polar surface area (TPSA) is 68.5 Å². The van der Waals surface area contributed by atoms with E-state index in [9.17, 15) is 9.59 Å². The van der Waals surface area contributed by atoms with Gasteiger partial charge in [0.15, 0.2) is 6.61 Å². The third kappa shape index (κ3) is 4.28. The van der Waals surface area contributed by atoms with Crippen LogP contribution in [0.5, 0.6) is 0 Å². The van der Waals surface area contributed by atoms with Crippen LogP contribution in [0.25, 0.3) is 11.0 Å². The Hall–Kier alpha value is -2.60. The summed E-state index contributed by atoms with van der Waals surface area (Å²) in [6, 6.07) is 7.82. The maximum atomic E-state index is 12.0. The van der Waals surface area contributed by atoms with E-state index < -0.39 is 5.97 Å². The molecular weight excluding hydrogens is 338 g/mol. The fourth-order valence-corrected chi connectivity index (χ4v) is 3.12. The van der Waals surface area contributed by atoms with Crippen LogP contribution < -0.4 is 5.32 Å². The van der Waals surface area contributed by atoms with Crippen molar-refractivity contribution in [3.8, 4) is 0 Å². The summed E-state index contributed by atoms with van der Waals surface area (Å²) in [5.74, 6) is -0.766. The third-order valence-electron chi connectivity index (χ3n) is 4.01. The van der Waals surface area contributed by atoms with Crippen LogP contribution in [0.4, 0.5) is 0 Å². The van der Waals surface area contributed by atoms with E-state index in [0.717, 1.165) is 32.5 Å². The minimum atomic E-state index is -0.452. The normalized spacial score (nSPS) is 10.8. The summed E-state index contributed by atoms with van der Waals surface area (Å²) in [7, 11) is 0. The molecule has 25 heavy (non-hydrogen) atoms. The minimum Gasteiger partial charge on any atom is -0.464 e. The van der Waals surface area contributed by atoms with E-state index in [1.54, 1.807) is 17.6 Å². The van der Waals surface area contributed by atoms with Gasteiger partial charge in [-0.05, 0) is 48.6 Å². The number of carbonyl (C=O) groups excluding carboxylic acids is 2. The van der Waals surface area contributed by atoms with Crippen molar-refractivity contribution >= 4 is 34.2 Å². The second-order valence-corrected chi connectivity index (χ2v) is 6.92. The molecule has 0 saturated carbocycles. The second-order valence-electron chi connectivity index (χ2n) is 5.89. The average Bonchev–Trinajstić information content (AvgIpc) is 3.23. The van der Waals surface area contributed by atoms with Crippen LogP contribution in [0.3, 0.4) is 0 Å². The number of hydrogen-bond acceptors (Lipinski definition) is 5. The van der Waals surface area contributed by atoms with Crippen LogP contribution in [0.1, 0.15) is 21.6 Å². The molecule has 0 spiro atoms. The fraction of sp³-hybridized carbons (Fsp3) is 0.263. The lowest BCUT2D eigenvalue weighted by atomic mass is 10.0. The van der Waals surface area contributed by atoms with Crippen molar-refractivity contribution in [1.29, 1.82) is 0 Å². The summed E-state index contributed by atoms with van der Waals surface area (Å²) >= 11 is 1.56. The van der Waals surface area contributed by atoms with Crippen molar-refractivity contribution < 1.29 is 18.7 Å². The van der Waals surface area contributed by atoms with E-state index in [4.69, 9.17) is 9.15 Å². The van der Waals surface area contributed by atoms with Crippen LogP contribution in [0, 0.1) is 13.8 Å². The predicted molar refractivity (Wildman–Crippen MR) is 96.5 cm³/mol. The zero-order chi connectivity index (χ0) is 17.8. The van der Waals surface area contributed by atoms with Crippen molar-refractivity contribution in [3.05, 3.63) is 57.5 Å². The van der Waals surface area contributed by atoms with E-state index >= 15 is 0 Å². The zero-order valence-corrected chi connectivity index (χ0v) is 14.9. The molecule has 0 aliphatic carbocycles. The first-order valence-electron chi connectivity index (χ1n) is 7.95. The molecule has 6 heteroatoms. The molecule has 1 amide bonds. The summed E-state index contributed by atoms with van der Waals surface area (Å²) in [5, 5.41) is 5.57. The Morgan fingerprint density at radius 3 is 2.80 bits per heavy atom. The van der Waals surface area contributed by atoms with E-state index in [2.05, 4.69) is 5.32 Å². The van der Waals surface area contributed by atoms with Gasteiger partial charge < -0.3 is 14.5 Å². The number of aryl methyl sites for hydroxylation is 2. The summed E-state index contributed by atoms with van der Waals surface area (Å²) in [5.41, 5.74) is 3.79. The fourth-order valence-electron chi connectivity index (χ4n) is 2.48. The smallest absolute Gasteiger partial charge is 0.310 e. The molecule has 0 bridgehead atoms. The number of carbonyl (C=O) groups is 2. The van der Waals surface area contributed by atoms with Crippen molar-refractivity contribution in [3.63, 3.8) is 0 Å². The number of hydrogen-bond donors (Lipinski definition) is 1. The van der Waals surface area contributed by atoms with Gasteiger partial charge in [0.05, 0.1) is 19.2 Å². The van der Waals surface area contributed by atoms with Gasteiger partial charge in [0, 0.05) is 15.8 Å². The molecule has 3 rings (SSSR count). The Labute approximate surface area is 149 Å². The van der Waals surface area contributed by atoms with Crippen molar-refractivity contribution in [2.24, 2.45) is 0 Å². The van der Waals surface area contributed by atoms with E-state index in [0.29, 0.717) is 6.54 Å². The first-order chi connectivity index (χ1) is 12.0. The maximum absolute atomic E-state index is 12.0. The van der Waals surface area contributed by atoms with Crippen LogP contribution in [0.15, 0.2) is 40.3 Å². The molecule has 1 N–H and O–H groups in total. The predicted octanol–water partition coefficient (Wildman–Crippen LogP) is 3.51. The molecule has 0 aliphatic heterocycles. The van der Waals surface area contributed by atoms with Gasteiger partial charge >= 0.3 is 5.97 Å². The SMILES string of the molecule is Cc1cc2occ(CC(=O)OCC(=O)NCc3cccs3)c2cc1C.